The monoisotopic (exact) mass is 350 g/mol. The number of halogens is 1. The summed E-state index contributed by atoms with van der Waals surface area (Å²) in [7, 11) is -3.59. The van der Waals surface area contributed by atoms with Crippen molar-refractivity contribution < 1.29 is 8.42 Å². The van der Waals surface area contributed by atoms with E-state index in [9.17, 15) is 8.42 Å². The summed E-state index contributed by atoms with van der Waals surface area (Å²) >= 11 is 6.10. The van der Waals surface area contributed by atoms with Crippen molar-refractivity contribution in [2.45, 2.75) is 31.7 Å². The molecule has 1 unspecified atom stereocenters. The lowest BCUT2D eigenvalue weighted by Gasteiger charge is -2.53. The standard InChI is InChI=1S/C17H19ClN2O2S/c1-12-6-7-14(9-15(12)18)23(21,22)20-11-17(2,3)16(20)13-5-4-8-19-10-13/h4-10,16H,11H2,1-3H3. The van der Waals surface area contributed by atoms with Gasteiger partial charge in [-0.3, -0.25) is 4.98 Å². The van der Waals surface area contributed by atoms with Crippen LogP contribution >= 0.6 is 11.6 Å². The Labute approximate surface area is 142 Å². The van der Waals surface area contributed by atoms with Crippen molar-refractivity contribution in [1.29, 1.82) is 0 Å². The highest BCUT2D eigenvalue weighted by Crippen LogP contribution is 2.50. The van der Waals surface area contributed by atoms with Gasteiger partial charge in [0.05, 0.1) is 10.9 Å². The molecular formula is C17H19ClN2O2S. The van der Waals surface area contributed by atoms with Gasteiger partial charge in [0.15, 0.2) is 0 Å². The third-order valence-corrected chi connectivity index (χ3v) is 6.56. The number of sulfonamides is 1. The summed E-state index contributed by atoms with van der Waals surface area (Å²) < 4.78 is 27.5. The first kappa shape index (κ1) is 16.4. The number of pyridine rings is 1. The fraction of sp³-hybridized carbons (Fsp3) is 0.353. The Morgan fingerprint density at radius 3 is 2.61 bits per heavy atom. The molecule has 1 aromatic carbocycles. The van der Waals surface area contributed by atoms with E-state index in [1.165, 1.54) is 10.4 Å². The average molecular weight is 351 g/mol. The molecular weight excluding hydrogens is 332 g/mol. The maximum Gasteiger partial charge on any atom is 0.243 e. The Hall–Kier alpha value is -1.43. The summed E-state index contributed by atoms with van der Waals surface area (Å²) in [4.78, 5) is 4.36. The minimum Gasteiger partial charge on any atom is -0.264 e. The molecule has 1 fully saturated rings. The molecule has 1 aromatic heterocycles. The van der Waals surface area contributed by atoms with Gasteiger partial charge in [0.1, 0.15) is 0 Å². The topological polar surface area (TPSA) is 50.3 Å². The maximum atomic E-state index is 13.0. The number of aryl methyl sites for hydroxylation is 1. The van der Waals surface area contributed by atoms with Crippen LogP contribution in [0.2, 0.25) is 5.02 Å². The van der Waals surface area contributed by atoms with Gasteiger partial charge in [-0.05, 0) is 41.7 Å². The second kappa shape index (κ2) is 5.58. The molecule has 122 valence electrons. The van der Waals surface area contributed by atoms with Gasteiger partial charge in [0.25, 0.3) is 0 Å². The third-order valence-electron chi connectivity index (χ3n) is 4.34. The van der Waals surface area contributed by atoms with Crippen molar-refractivity contribution in [1.82, 2.24) is 9.29 Å². The quantitative estimate of drug-likeness (QED) is 0.845. The largest absolute Gasteiger partial charge is 0.264 e. The van der Waals surface area contributed by atoms with E-state index in [1.807, 2.05) is 19.1 Å². The molecule has 2 heterocycles. The minimum atomic E-state index is -3.59. The Balaban J connectivity index is 2.01. The lowest BCUT2D eigenvalue weighted by molar-refractivity contribution is 0.0195. The van der Waals surface area contributed by atoms with E-state index in [0.29, 0.717) is 11.6 Å². The molecule has 1 saturated heterocycles. The Bertz CT molecular complexity index is 835. The van der Waals surface area contributed by atoms with Gasteiger partial charge < -0.3 is 0 Å². The van der Waals surface area contributed by atoms with Crippen LogP contribution in [-0.2, 0) is 10.0 Å². The first-order chi connectivity index (χ1) is 10.7. The summed E-state index contributed by atoms with van der Waals surface area (Å²) in [5, 5.41) is 0.462. The van der Waals surface area contributed by atoms with Crippen LogP contribution in [0.5, 0.6) is 0 Å². The smallest absolute Gasteiger partial charge is 0.243 e. The summed E-state index contributed by atoms with van der Waals surface area (Å²) in [5.74, 6) is 0. The highest BCUT2D eigenvalue weighted by Gasteiger charge is 2.52. The molecule has 1 atom stereocenters. The van der Waals surface area contributed by atoms with Crippen LogP contribution < -0.4 is 0 Å². The summed E-state index contributed by atoms with van der Waals surface area (Å²) in [6, 6.07) is 8.40. The Morgan fingerprint density at radius 2 is 2.04 bits per heavy atom. The van der Waals surface area contributed by atoms with E-state index in [2.05, 4.69) is 18.8 Å². The van der Waals surface area contributed by atoms with E-state index in [4.69, 9.17) is 11.6 Å². The number of hydrogen-bond donors (Lipinski definition) is 0. The van der Waals surface area contributed by atoms with Crippen LogP contribution in [-0.4, -0.2) is 24.3 Å². The van der Waals surface area contributed by atoms with Crippen LogP contribution in [0, 0.1) is 12.3 Å². The van der Waals surface area contributed by atoms with Gasteiger partial charge in [-0.15, -0.1) is 0 Å². The molecule has 1 aliphatic rings. The molecule has 1 aliphatic heterocycles. The molecule has 23 heavy (non-hydrogen) atoms. The molecule has 6 heteroatoms. The normalized spacial score (nSPS) is 21.0. The fourth-order valence-electron chi connectivity index (χ4n) is 3.11. The van der Waals surface area contributed by atoms with Crippen molar-refractivity contribution in [3.63, 3.8) is 0 Å². The van der Waals surface area contributed by atoms with E-state index in [1.54, 1.807) is 24.5 Å². The second-order valence-electron chi connectivity index (χ2n) is 6.64. The van der Waals surface area contributed by atoms with Crippen LogP contribution in [0.25, 0.3) is 0 Å². The lowest BCUT2D eigenvalue weighted by atomic mass is 9.74. The molecule has 0 aliphatic carbocycles. The van der Waals surface area contributed by atoms with E-state index >= 15 is 0 Å². The number of aromatic nitrogens is 1. The maximum absolute atomic E-state index is 13.0. The fourth-order valence-corrected chi connectivity index (χ4v) is 5.32. The highest BCUT2D eigenvalue weighted by atomic mass is 35.5. The number of hydrogen-bond acceptors (Lipinski definition) is 3. The van der Waals surface area contributed by atoms with Crippen molar-refractivity contribution in [3.8, 4) is 0 Å². The summed E-state index contributed by atoms with van der Waals surface area (Å²) in [5.41, 5.74) is 1.63. The minimum absolute atomic E-state index is 0.134. The van der Waals surface area contributed by atoms with Crippen molar-refractivity contribution >= 4 is 21.6 Å². The highest BCUT2D eigenvalue weighted by molar-refractivity contribution is 7.89. The summed E-state index contributed by atoms with van der Waals surface area (Å²) in [6.45, 7) is 6.46. The molecule has 0 amide bonds. The van der Waals surface area contributed by atoms with Crippen molar-refractivity contribution in [3.05, 3.63) is 58.9 Å². The van der Waals surface area contributed by atoms with Crippen molar-refractivity contribution in [2.75, 3.05) is 6.54 Å². The van der Waals surface area contributed by atoms with E-state index in [0.717, 1.165) is 11.1 Å². The molecule has 0 bridgehead atoms. The van der Waals surface area contributed by atoms with Crippen LogP contribution in [0.1, 0.15) is 31.0 Å². The number of nitrogens with zero attached hydrogens (tertiary/aromatic N) is 2. The van der Waals surface area contributed by atoms with Gasteiger partial charge in [0.2, 0.25) is 10.0 Å². The summed E-state index contributed by atoms with van der Waals surface area (Å²) in [6.07, 6.45) is 3.42. The second-order valence-corrected chi connectivity index (χ2v) is 8.94. The Kier molecular flexibility index (Phi) is 3.99. The zero-order valence-electron chi connectivity index (χ0n) is 13.3. The molecule has 3 rings (SSSR count). The molecule has 0 spiro atoms. The predicted octanol–water partition coefficient (Wildman–Crippen LogP) is 3.82. The average Bonchev–Trinajstić information content (AvgIpc) is 2.49. The number of benzene rings is 1. The van der Waals surface area contributed by atoms with Gasteiger partial charge in [-0.2, -0.15) is 4.31 Å². The SMILES string of the molecule is Cc1ccc(S(=O)(=O)N2CC(C)(C)C2c2cccnc2)cc1Cl. The van der Waals surface area contributed by atoms with E-state index < -0.39 is 10.0 Å². The molecule has 2 aromatic rings. The van der Waals surface area contributed by atoms with Gasteiger partial charge in [0, 0.05) is 24.0 Å². The lowest BCUT2D eigenvalue weighted by Crippen LogP contribution is -2.57. The molecule has 0 radical (unpaired) electrons. The molecule has 0 saturated carbocycles. The zero-order chi connectivity index (χ0) is 16.8. The van der Waals surface area contributed by atoms with Crippen molar-refractivity contribution in [2.24, 2.45) is 5.41 Å². The Morgan fingerprint density at radius 1 is 1.30 bits per heavy atom. The predicted molar refractivity (Wildman–Crippen MR) is 90.8 cm³/mol. The third kappa shape index (κ3) is 2.77. The van der Waals surface area contributed by atoms with Crippen LogP contribution in [0.3, 0.4) is 0 Å². The van der Waals surface area contributed by atoms with Crippen LogP contribution in [0.4, 0.5) is 0 Å². The molecule has 4 nitrogen and oxygen atoms in total. The van der Waals surface area contributed by atoms with Crippen LogP contribution in [0.15, 0.2) is 47.6 Å². The van der Waals surface area contributed by atoms with Gasteiger partial charge in [-0.1, -0.05) is 37.6 Å². The zero-order valence-corrected chi connectivity index (χ0v) is 14.9. The first-order valence-corrected chi connectivity index (χ1v) is 9.23. The van der Waals surface area contributed by atoms with Gasteiger partial charge in [-0.25, -0.2) is 8.42 Å². The molecule has 0 N–H and O–H groups in total. The number of rotatable bonds is 3. The first-order valence-electron chi connectivity index (χ1n) is 7.41. The van der Waals surface area contributed by atoms with Gasteiger partial charge >= 0.3 is 0 Å². The van der Waals surface area contributed by atoms with E-state index in [-0.39, 0.29) is 16.4 Å².